The van der Waals surface area contributed by atoms with Crippen molar-refractivity contribution in [2.24, 2.45) is 17.6 Å². The van der Waals surface area contributed by atoms with Crippen LogP contribution in [0.1, 0.15) is 87.0 Å². The lowest BCUT2D eigenvalue weighted by molar-refractivity contribution is -0.288. The van der Waals surface area contributed by atoms with Crippen molar-refractivity contribution in [2.45, 2.75) is 154 Å². The summed E-state index contributed by atoms with van der Waals surface area (Å²) in [5.41, 5.74) is 12.2. The minimum absolute atomic E-state index is 0.0169. The highest BCUT2D eigenvalue weighted by atomic mass is 16.7. The summed E-state index contributed by atoms with van der Waals surface area (Å²) in [6.07, 6.45) is -0.788. The number of Topliss-reactive ketones (excluding diaryl/α,β-unsaturated/α-hetero) is 1. The first-order valence-electron chi connectivity index (χ1n) is 20.0. The highest BCUT2D eigenvalue weighted by molar-refractivity contribution is 5.97. The fourth-order valence-electron chi connectivity index (χ4n) is 8.77. The van der Waals surface area contributed by atoms with Crippen LogP contribution in [0.2, 0.25) is 0 Å². The van der Waals surface area contributed by atoms with Gasteiger partial charge in [0, 0.05) is 49.5 Å². The van der Waals surface area contributed by atoms with Crippen molar-refractivity contribution in [2.75, 3.05) is 25.9 Å². The highest BCUT2D eigenvalue weighted by Gasteiger charge is 2.58. The van der Waals surface area contributed by atoms with Crippen LogP contribution in [0.25, 0.3) is 11.3 Å². The molecule has 1 aromatic carbocycles. The first kappa shape index (κ1) is 43.5. The van der Waals surface area contributed by atoms with Gasteiger partial charge in [0.15, 0.2) is 11.9 Å². The standard InChI is InChI=1S/C40H63N7O9/c1-9-32-40(7)35(47(38(51)56-40)16-11-10-15-46-22-30(44-45-46)27-13-12-14-28(41)18-27)26(5)43-21-23(2)20-39(6,52-8)36(25(4)31(48)19-33(49)54-32)55-37-34(50)29(42)17-24(3)53-37/h12-14,18,22-26,29,32,34-37,43,50H,9-11,15-17,19-21,41-42H2,1-8H3/t23-,24-,25+,26-,29?,32-,34?,35-,36-,37+,39-,40-/m1/s1. The summed E-state index contributed by atoms with van der Waals surface area (Å²) in [5, 5.41) is 23.2. The summed E-state index contributed by atoms with van der Waals surface area (Å²) in [6.45, 7) is 14.7. The Morgan fingerprint density at radius 2 is 1.84 bits per heavy atom. The second-order valence-corrected chi connectivity index (χ2v) is 16.5. The second-order valence-electron chi connectivity index (χ2n) is 16.5. The van der Waals surface area contributed by atoms with E-state index in [1.54, 1.807) is 23.6 Å². The molecule has 1 aromatic heterocycles. The Bertz CT molecular complexity index is 1660. The van der Waals surface area contributed by atoms with Gasteiger partial charge in [0.05, 0.1) is 30.0 Å². The highest BCUT2D eigenvalue weighted by Crippen LogP contribution is 2.39. The van der Waals surface area contributed by atoms with E-state index < -0.39 is 78.1 Å². The number of carbonyl (C=O) groups is 3. The largest absolute Gasteiger partial charge is 0.458 e. The molecular formula is C40H63N7O9. The Kier molecular flexibility index (Phi) is 14.2. The zero-order chi connectivity index (χ0) is 40.9. The minimum atomic E-state index is -1.22. The number of esters is 1. The molecule has 2 unspecified atom stereocenters. The molecule has 0 saturated carbocycles. The summed E-state index contributed by atoms with van der Waals surface area (Å²) in [6, 6.07) is 6.10. The van der Waals surface area contributed by atoms with Gasteiger partial charge in [-0.25, -0.2) is 4.79 Å². The van der Waals surface area contributed by atoms with Gasteiger partial charge in [-0.1, -0.05) is 38.1 Å². The predicted molar refractivity (Wildman–Crippen MR) is 208 cm³/mol. The zero-order valence-electron chi connectivity index (χ0n) is 34.2. The van der Waals surface area contributed by atoms with Gasteiger partial charge in [-0.05, 0) is 84.4 Å². The number of nitrogen functional groups attached to an aromatic ring is 1. The van der Waals surface area contributed by atoms with Crippen LogP contribution < -0.4 is 16.8 Å². The number of hydrogen-bond donors (Lipinski definition) is 4. The van der Waals surface area contributed by atoms with Crippen LogP contribution in [-0.4, -0.2) is 123 Å². The maximum Gasteiger partial charge on any atom is 0.410 e. The summed E-state index contributed by atoms with van der Waals surface area (Å²) < 4.78 is 32.6. The first-order chi connectivity index (χ1) is 26.5. The number of aliphatic hydroxyl groups excluding tert-OH is 1. The van der Waals surface area contributed by atoms with Gasteiger partial charge in [0.1, 0.15) is 30.1 Å². The van der Waals surface area contributed by atoms with E-state index in [1.807, 2.05) is 65.1 Å². The molecule has 12 atom stereocenters. The maximum atomic E-state index is 13.9. The lowest BCUT2D eigenvalue weighted by atomic mass is 9.80. The van der Waals surface area contributed by atoms with Crippen LogP contribution >= 0.6 is 0 Å². The number of nitrogens with two attached hydrogens (primary N) is 2. The number of aromatic nitrogens is 3. The molecule has 0 aliphatic carbocycles. The van der Waals surface area contributed by atoms with Crippen molar-refractivity contribution in [3.05, 3.63) is 30.5 Å². The molecule has 5 rings (SSSR count). The number of hydrogen-bond acceptors (Lipinski definition) is 14. The molecule has 4 heterocycles. The van der Waals surface area contributed by atoms with Crippen molar-refractivity contribution in [1.29, 1.82) is 0 Å². The smallest absolute Gasteiger partial charge is 0.410 e. The van der Waals surface area contributed by atoms with E-state index >= 15 is 0 Å². The summed E-state index contributed by atoms with van der Waals surface area (Å²) in [7, 11) is 1.56. The summed E-state index contributed by atoms with van der Waals surface area (Å²) >= 11 is 0. The van der Waals surface area contributed by atoms with E-state index in [1.165, 1.54) is 0 Å². The van der Waals surface area contributed by atoms with Crippen molar-refractivity contribution in [1.82, 2.24) is 25.2 Å². The molecule has 16 nitrogen and oxygen atoms in total. The Hall–Kier alpha value is -3.67. The van der Waals surface area contributed by atoms with Gasteiger partial charge in [-0.2, -0.15) is 0 Å². The molecule has 0 radical (unpaired) electrons. The van der Waals surface area contributed by atoms with Crippen molar-refractivity contribution < 1.29 is 43.2 Å². The van der Waals surface area contributed by atoms with Crippen molar-refractivity contribution in [3.63, 3.8) is 0 Å². The summed E-state index contributed by atoms with van der Waals surface area (Å²) in [4.78, 5) is 43.0. The lowest BCUT2D eigenvalue weighted by Crippen LogP contribution is -2.60. The van der Waals surface area contributed by atoms with Gasteiger partial charge < -0.3 is 45.6 Å². The van der Waals surface area contributed by atoms with E-state index in [-0.39, 0.29) is 18.1 Å². The third kappa shape index (κ3) is 9.71. The van der Waals surface area contributed by atoms with Gasteiger partial charge in [-0.15, -0.1) is 5.10 Å². The SMILES string of the molecule is CC[C@H]1OC(=O)CC(=O)[C@H](C)[C@@H](O[C@@H]2O[C@H](C)CC(N)C2O)[C@](C)(OC)C[C@@H](C)CN[C@H](C)[C@H]2N(CCCCn3cc(-c4cccc(N)c4)nn3)C(=O)O[C@]12C. The third-order valence-electron chi connectivity index (χ3n) is 11.8. The number of cyclic esters (lactones) is 1. The van der Waals surface area contributed by atoms with Crippen molar-refractivity contribution in [3.8, 4) is 11.3 Å². The van der Waals surface area contributed by atoms with Crippen LogP contribution in [0.4, 0.5) is 10.5 Å². The van der Waals surface area contributed by atoms with Crippen molar-refractivity contribution >= 4 is 23.5 Å². The van der Waals surface area contributed by atoms with Crippen LogP contribution in [0.5, 0.6) is 0 Å². The van der Waals surface area contributed by atoms with Gasteiger partial charge in [0.25, 0.3) is 0 Å². The number of methoxy groups -OCH3 is 1. The number of amides is 1. The normalized spacial score (nSPS) is 36.3. The molecule has 3 saturated heterocycles. The fourth-order valence-corrected chi connectivity index (χ4v) is 8.77. The molecule has 3 fully saturated rings. The second kappa shape index (κ2) is 18.3. The van der Waals surface area contributed by atoms with Crippen LogP contribution in [0.15, 0.2) is 30.5 Å². The molecule has 312 valence electrons. The molecule has 3 aliphatic rings. The van der Waals surface area contributed by atoms with Crippen LogP contribution in [0.3, 0.4) is 0 Å². The number of fused-ring (bicyclic) bond motifs is 1. The van der Waals surface area contributed by atoms with Crippen LogP contribution in [0, 0.1) is 11.8 Å². The Morgan fingerprint density at radius 3 is 2.54 bits per heavy atom. The zero-order valence-corrected chi connectivity index (χ0v) is 34.2. The van der Waals surface area contributed by atoms with E-state index in [9.17, 15) is 19.5 Å². The number of unbranched alkanes of at least 4 members (excludes halogenated alkanes) is 1. The number of ketones is 1. The van der Waals surface area contributed by atoms with E-state index in [4.69, 9.17) is 35.2 Å². The Balaban J connectivity index is 1.35. The molecule has 3 aliphatic heterocycles. The molecule has 2 aromatic rings. The molecule has 16 heteroatoms. The number of nitrogens with zero attached hydrogens (tertiary/aromatic N) is 4. The number of nitrogens with one attached hydrogen (secondary N) is 1. The molecule has 56 heavy (non-hydrogen) atoms. The molecular weight excluding hydrogens is 722 g/mol. The molecule has 0 spiro atoms. The monoisotopic (exact) mass is 785 g/mol. The number of carbonyl (C=O) groups excluding carboxylic acids is 3. The Labute approximate surface area is 330 Å². The van der Waals surface area contributed by atoms with Gasteiger partial charge >= 0.3 is 12.1 Å². The molecule has 0 bridgehead atoms. The maximum absolute atomic E-state index is 13.9. The number of ether oxygens (including phenoxy) is 5. The summed E-state index contributed by atoms with van der Waals surface area (Å²) in [5.74, 6) is -2.03. The van der Waals surface area contributed by atoms with E-state index in [2.05, 4.69) is 22.6 Å². The lowest BCUT2D eigenvalue weighted by Gasteiger charge is -2.45. The average molecular weight is 786 g/mol. The topological polar surface area (TPSA) is 216 Å². The quantitative estimate of drug-likeness (QED) is 0.118. The predicted octanol–water partition coefficient (Wildman–Crippen LogP) is 3.44. The Morgan fingerprint density at radius 1 is 1.11 bits per heavy atom. The number of anilines is 1. The minimum Gasteiger partial charge on any atom is -0.458 e. The number of benzene rings is 1. The van der Waals surface area contributed by atoms with E-state index in [0.717, 1.165) is 11.3 Å². The number of aryl methyl sites for hydroxylation is 1. The molecule has 6 N–H and O–H groups in total. The van der Waals surface area contributed by atoms with Gasteiger partial charge in [-0.3, -0.25) is 19.2 Å². The van der Waals surface area contributed by atoms with Crippen LogP contribution in [-0.2, 0) is 39.8 Å². The van der Waals surface area contributed by atoms with Gasteiger partial charge in [0.2, 0.25) is 0 Å². The number of rotatable bonds is 10. The third-order valence-corrected chi connectivity index (χ3v) is 11.8. The fraction of sp³-hybridized carbons (Fsp3) is 0.725. The van der Waals surface area contributed by atoms with E-state index in [0.29, 0.717) is 57.4 Å². The average Bonchev–Trinajstić information content (AvgIpc) is 3.73. The molecule has 1 amide bonds. The first-order valence-corrected chi connectivity index (χ1v) is 20.0. The number of aliphatic hydroxyl groups is 1.